The van der Waals surface area contributed by atoms with Crippen molar-refractivity contribution in [2.24, 2.45) is 5.10 Å². The third-order valence-corrected chi connectivity index (χ3v) is 5.51. The number of halogens is 1. The van der Waals surface area contributed by atoms with E-state index >= 15 is 0 Å². The predicted molar refractivity (Wildman–Crippen MR) is 113 cm³/mol. The number of hydrogen-bond acceptors (Lipinski definition) is 6. The van der Waals surface area contributed by atoms with E-state index in [1.54, 1.807) is 29.6 Å². The van der Waals surface area contributed by atoms with Crippen LogP contribution in [0.15, 0.2) is 53.9 Å². The maximum atomic E-state index is 13.6. The largest absolute Gasteiger partial charge is 0.341 e. The Labute approximate surface area is 178 Å². The first kappa shape index (κ1) is 19.2. The second-order valence-corrected chi connectivity index (χ2v) is 7.42. The Bertz CT molecular complexity index is 1090. The van der Waals surface area contributed by atoms with E-state index in [-0.39, 0.29) is 17.9 Å². The molecule has 2 amide bonds. The maximum Gasteiger partial charge on any atom is 0.341 e. The minimum absolute atomic E-state index is 0.171. The SMILES string of the molecule is O=C(N1CCN(c2nccc(-c3ccn[nH]3)n2)CC1)N1N=CCC1c1cccc(F)c1. The Balaban J connectivity index is 1.25. The number of anilines is 1. The van der Waals surface area contributed by atoms with Crippen LogP contribution in [0, 0.1) is 5.82 Å². The van der Waals surface area contributed by atoms with Gasteiger partial charge in [-0.3, -0.25) is 5.10 Å². The molecule has 5 rings (SSSR count). The van der Waals surface area contributed by atoms with Crippen LogP contribution in [0.3, 0.4) is 0 Å². The molecular weight excluding hydrogens is 399 g/mol. The zero-order valence-corrected chi connectivity index (χ0v) is 16.7. The van der Waals surface area contributed by atoms with E-state index in [4.69, 9.17) is 0 Å². The molecule has 1 N–H and O–H groups in total. The van der Waals surface area contributed by atoms with Gasteiger partial charge >= 0.3 is 6.03 Å². The van der Waals surface area contributed by atoms with Gasteiger partial charge in [0.05, 0.1) is 17.4 Å². The first-order chi connectivity index (χ1) is 15.2. The molecule has 2 aromatic heterocycles. The summed E-state index contributed by atoms with van der Waals surface area (Å²) in [5.74, 6) is 0.304. The van der Waals surface area contributed by atoms with Crippen LogP contribution in [0.1, 0.15) is 18.0 Å². The Morgan fingerprint density at radius 2 is 1.97 bits per heavy atom. The number of aromatic nitrogens is 4. The summed E-state index contributed by atoms with van der Waals surface area (Å²) in [4.78, 5) is 25.9. The van der Waals surface area contributed by atoms with Gasteiger partial charge in [0.2, 0.25) is 5.95 Å². The van der Waals surface area contributed by atoms with Crippen molar-refractivity contribution in [1.29, 1.82) is 0 Å². The van der Waals surface area contributed by atoms with Gasteiger partial charge < -0.3 is 9.80 Å². The highest BCUT2D eigenvalue weighted by atomic mass is 19.1. The summed E-state index contributed by atoms with van der Waals surface area (Å²) in [6.45, 7) is 2.28. The summed E-state index contributed by atoms with van der Waals surface area (Å²) >= 11 is 0. The second kappa shape index (κ2) is 8.13. The molecule has 1 fully saturated rings. The number of carbonyl (C=O) groups excluding carboxylic acids is 1. The van der Waals surface area contributed by atoms with Gasteiger partial charge in [-0.2, -0.15) is 10.2 Å². The van der Waals surface area contributed by atoms with Crippen molar-refractivity contribution in [3.8, 4) is 11.4 Å². The quantitative estimate of drug-likeness (QED) is 0.703. The molecule has 10 heteroatoms. The summed E-state index contributed by atoms with van der Waals surface area (Å²) in [6, 6.07) is 9.57. The lowest BCUT2D eigenvalue weighted by Crippen LogP contribution is -2.52. The van der Waals surface area contributed by atoms with E-state index in [0.717, 1.165) is 17.0 Å². The van der Waals surface area contributed by atoms with Crippen LogP contribution in [0.25, 0.3) is 11.4 Å². The van der Waals surface area contributed by atoms with Gasteiger partial charge in [-0.05, 0) is 29.8 Å². The first-order valence-electron chi connectivity index (χ1n) is 10.1. The third-order valence-electron chi connectivity index (χ3n) is 5.51. The molecule has 158 valence electrons. The lowest BCUT2D eigenvalue weighted by atomic mass is 10.0. The number of hydrogen-bond donors (Lipinski definition) is 1. The molecule has 9 nitrogen and oxygen atoms in total. The average Bonchev–Trinajstić information content (AvgIpc) is 3.51. The van der Waals surface area contributed by atoms with E-state index in [2.05, 4.69) is 30.2 Å². The van der Waals surface area contributed by atoms with Gasteiger partial charge in [0.25, 0.3) is 0 Å². The number of rotatable bonds is 3. The maximum absolute atomic E-state index is 13.6. The number of nitrogens with zero attached hydrogens (tertiary/aromatic N) is 7. The average molecular weight is 420 g/mol. The zero-order chi connectivity index (χ0) is 21.2. The summed E-state index contributed by atoms with van der Waals surface area (Å²) in [5, 5.41) is 12.6. The zero-order valence-electron chi connectivity index (χ0n) is 16.7. The standard InChI is InChI=1S/C21H21FN8O/c22-16-3-1-2-15(14-16)19-6-9-25-30(19)21(31)29-12-10-28(11-13-29)20-23-7-4-17(26-20)18-5-8-24-27-18/h1-5,7-9,14,19H,6,10-13H2,(H,24,27). The number of piperazine rings is 1. The minimum atomic E-state index is -0.317. The summed E-state index contributed by atoms with van der Waals surface area (Å²) in [5.41, 5.74) is 2.34. The molecule has 0 saturated carbocycles. The highest BCUT2D eigenvalue weighted by molar-refractivity contribution is 5.78. The highest BCUT2D eigenvalue weighted by Gasteiger charge is 2.33. The molecule has 0 spiro atoms. The van der Waals surface area contributed by atoms with Crippen LogP contribution in [-0.4, -0.2) is 68.5 Å². The van der Waals surface area contributed by atoms with Crippen LogP contribution in [0.2, 0.25) is 0 Å². The van der Waals surface area contributed by atoms with E-state index < -0.39 is 0 Å². The number of hydrazone groups is 1. The molecule has 31 heavy (non-hydrogen) atoms. The van der Waals surface area contributed by atoms with Crippen molar-refractivity contribution in [3.63, 3.8) is 0 Å². The molecule has 0 radical (unpaired) electrons. The molecular formula is C21H21FN8O. The fourth-order valence-electron chi connectivity index (χ4n) is 3.88. The van der Waals surface area contributed by atoms with Crippen LogP contribution in [0.5, 0.6) is 0 Å². The van der Waals surface area contributed by atoms with E-state index in [1.807, 2.05) is 18.2 Å². The van der Waals surface area contributed by atoms with Gasteiger partial charge in [-0.1, -0.05) is 12.1 Å². The fraction of sp³-hybridized carbons (Fsp3) is 0.286. The number of urea groups is 1. The third kappa shape index (κ3) is 3.83. The molecule has 0 bridgehead atoms. The van der Waals surface area contributed by atoms with Crippen LogP contribution >= 0.6 is 0 Å². The molecule has 3 aromatic rings. The summed E-state index contributed by atoms with van der Waals surface area (Å²) in [6.07, 6.45) is 5.68. The molecule has 4 heterocycles. The molecule has 2 aliphatic heterocycles. The number of benzene rings is 1. The Hall–Kier alpha value is -3.82. The van der Waals surface area contributed by atoms with Crippen molar-refractivity contribution in [2.75, 3.05) is 31.1 Å². The first-order valence-corrected chi connectivity index (χ1v) is 10.1. The second-order valence-electron chi connectivity index (χ2n) is 7.42. The van der Waals surface area contributed by atoms with Crippen molar-refractivity contribution < 1.29 is 9.18 Å². The van der Waals surface area contributed by atoms with Crippen LogP contribution < -0.4 is 4.90 Å². The van der Waals surface area contributed by atoms with E-state index in [9.17, 15) is 9.18 Å². The Morgan fingerprint density at radius 3 is 2.74 bits per heavy atom. The monoisotopic (exact) mass is 420 g/mol. The predicted octanol–water partition coefficient (Wildman–Crippen LogP) is 2.68. The van der Waals surface area contributed by atoms with Crippen molar-refractivity contribution >= 4 is 18.2 Å². The number of carbonyl (C=O) groups is 1. The van der Waals surface area contributed by atoms with Crippen molar-refractivity contribution in [1.82, 2.24) is 30.1 Å². The smallest absolute Gasteiger partial charge is 0.337 e. The van der Waals surface area contributed by atoms with Gasteiger partial charge in [0.15, 0.2) is 0 Å². The summed E-state index contributed by atoms with van der Waals surface area (Å²) < 4.78 is 13.6. The molecule has 1 aromatic carbocycles. The Morgan fingerprint density at radius 1 is 1.10 bits per heavy atom. The molecule has 1 unspecified atom stereocenters. The van der Waals surface area contributed by atoms with Crippen molar-refractivity contribution in [3.05, 3.63) is 60.2 Å². The fourth-order valence-corrected chi connectivity index (χ4v) is 3.88. The summed E-state index contributed by atoms with van der Waals surface area (Å²) in [7, 11) is 0. The number of nitrogens with one attached hydrogen (secondary N) is 1. The number of aromatic amines is 1. The van der Waals surface area contributed by atoms with Gasteiger partial charge in [-0.15, -0.1) is 0 Å². The van der Waals surface area contributed by atoms with Crippen LogP contribution in [0.4, 0.5) is 15.1 Å². The van der Waals surface area contributed by atoms with Gasteiger partial charge in [0, 0.05) is 51.2 Å². The van der Waals surface area contributed by atoms with Gasteiger partial charge in [-0.25, -0.2) is 24.2 Å². The molecule has 0 aliphatic carbocycles. The normalized spacial score (nSPS) is 18.6. The topological polar surface area (TPSA) is 93.6 Å². The highest BCUT2D eigenvalue weighted by Crippen LogP contribution is 2.30. The van der Waals surface area contributed by atoms with Crippen molar-refractivity contribution in [2.45, 2.75) is 12.5 Å². The number of H-pyrrole nitrogens is 1. The van der Waals surface area contributed by atoms with Crippen LogP contribution in [-0.2, 0) is 0 Å². The molecule has 2 aliphatic rings. The molecule has 1 saturated heterocycles. The molecule has 1 atom stereocenters. The number of amides is 2. The minimum Gasteiger partial charge on any atom is -0.337 e. The van der Waals surface area contributed by atoms with E-state index in [1.165, 1.54) is 17.1 Å². The lowest BCUT2D eigenvalue weighted by Gasteiger charge is -2.37. The Kier molecular flexibility index (Phi) is 5.03. The van der Waals surface area contributed by atoms with Gasteiger partial charge in [0.1, 0.15) is 5.82 Å². The lowest BCUT2D eigenvalue weighted by molar-refractivity contribution is 0.139. The van der Waals surface area contributed by atoms with E-state index in [0.29, 0.717) is 38.5 Å².